The first-order valence-corrected chi connectivity index (χ1v) is 10.7. The molecule has 2 heterocycles. The number of nitrogens with zero attached hydrogens (tertiary/aromatic N) is 2. The molecule has 0 saturated carbocycles. The Bertz CT molecular complexity index is 1040. The Morgan fingerprint density at radius 3 is 2.14 bits per heavy atom. The molecular weight excluding hydrogens is 395 g/mol. The molecule has 2 aliphatic rings. The maximum atomic E-state index is 13.0. The standard InChI is InChI=1S/C21H21FN2O4S/c22-18-6-8-19(9-7-18)29(27,28)24-12-17(13-24)16-10-23(11-16)21(26)20(14-25)15-4-2-1-3-5-15/h1-9,20,25H,10-14H2. The van der Waals surface area contributed by atoms with Crippen LogP contribution in [0.15, 0.2) is 70.6 Å². The second-order valence-electron chi connectivity index (χ2n) is 7.27. The van der Waals surface area contributed by atoms with Crippen molar-refractivity contribution in [1.29, 1.82) is 0 Å². The van der Waals surface area contributed by atoms with Gasteiger partial charge in [0.25, 0.3) is 0 Å². The number of aliphatic hydroxyl groups is 1. The highest BCUT2D eigenvalue weighted by Gasteiger charge is 2.39. The number of carbonyl (C=O) groups excluding carboxylic acids is 1. The first kappa shape index (κ1) is 19.8. The molecule has 0 bridgehead atoms. The van der Waals surface area contributed by atoms with Gasteiger partial charge in [-0.15, -0.1) is 0 Å². The molecule has 2 saturated heterocycles. The number of rotatable bonds is 5. The van der Waals surface area contributed by atoms with Crippen LogP contribution in [0.5, 0.6) is 0 Å². The Morgan fingerprint density at radius 2 is 1.55 bits per heavy atom. The molecule has 1 N–H and O–H groups in total. The second-order valence-corrected chi connectivity index (χ2v) is 9.21. The predicted molar refractivity (Wildman–Crippen MR) is 105 cm³/mol. The van der Waals surface area contributed by atoms with E-state index in [4.69, 9.17) is 0 Å². The van der Waals surface area contributed by atoms with Crippen molar-refractivity contribution in [3.05, 3.63) is 77.1 Å². The van der Waals surface area contributed by atoms with Gasteiger partial charge in [-0.25, -0.2) is 12.8 Å². The van der Waals surface area contributed by atoms with Crippen LogP contribution in [-0.2, 0) is 14.8 Å². The minimum atomic E-state index is -3.63. The topological polar surface area (TPSA) is 77.9 Å². The van der Waals surface area contributed by atoms with Crippen LogP contribution in [0.4, 0.5) is 4.39 Å². The van der Waals surface area contributed by atoms with E-state index in [1.54, 1.807) is 4.90 Å². The van der Waals surface area contributed by atoms with Crippen molar-refractivity contribution in [3.8, 4) is 0 Å². The third kappa shape index (κ3) is 3.71. The van der Waals surface area contributed by atoms with Gasteiger partial charge in [-0.2, -0.15) is 4.31 Å². The molecule has 4 rings (SSSR count). The van der Waals surface area contributed by atoms with E-state index >= 15 is 0 Å². The van der Waals surface area contributed by atoms with Crippen LogP contribution in [0.25, 0.3) is 0 Å². The molecular formula is C21H21FN2O4S. The van der Waals surface area contributed by atoms with Crippen LogP contribution in [-0.4, -0.2) is 61.4 Å². The third-order valence-electron chi connectivity index (χ3n) is 5.44. The summed E-state index contributed by atoms with van der Waals surface area (Å²) in [6, 6.07) is 14.0. The Morgan fingerprint density at radius 1 is 0.966 bits per heavy atom. The number of amides is 1. The fourth-order valence-electron chi connectivity index (χ4n) is 3.55. The summed E-state index contributed by atoms with van der Waals surface area (Å²) in [5.74, 6) is -1.19. The number of hydrogen-bond donors (Lipinski definition) is 1. The highest BCUT2D eigenvalue weighted by Crippen LogP contribution is 2.31. The fourth-order valence-corrected chi connectivity index (χ4v) is 4.98. The number of hydrogen-bond acceptors (Lipinski definition) is 4. The van der Waals surface area contributed by atoms with Crippen molar-refractivity contribution < 1.29 is 22.7 Å². The zero-order valence-corrected chi connectivity index (χ0v) is 16.5. The Balaban J connectivity index is 1.37. The number of sulfonamides is 1. The molecule has 0 aromatic heterocycles. The Labute approximate surface area is 168 Å². The summed E-state index contributed by atoms with van der Waals surface area (Å²) in [5.41, 5.74) is 2.86. The highest BCUT2D eigenvalue weighted by atomic mass is 32.2. The fraction of sp³-hybridized carbons (Fsp3) is 0.286. The molecule has 6 nitrogen and oxygen atoms in total. The monoisotopic (exact) mass is 416 g/mol. The summed E-state index contributed by atoms with van der Waals surface area (Å²) in [6.45, 7) is 1.25. The lowest BCUT2D eigenvalue weighted by Crippen LogP contribution is -2.52. The number of carbonyl (C=O) groups is 1. The van der Waals surface area contributed by atoms with Crippen LogP contribution in [0.1, 0.15) is 11.5 Å². The van der Waals surface area contributed by atoms with Gasteiger partial charge in [0, 0.05) is 26.2 Å². The van der Waals surface area contributed by atoms with Crippen LogP contribution >= 0.6 is 0 Å². The predicted octanol–water partition coefficient (Wildman–Crippen LogP) is 1.74. The van der Waals surface area contributed by atoms with Crippen LogP contribution in [0.2, 0.25) is 0 Å². The van der Waals surface area contributed by atoms with Crippen molar-refractivity contribution in [2.75, 3.05) is 32.8 Å². The van der Waals surface area contributed by atoms with Gasteiger partial charge >= 0.3 is 0 Å². The smallest absolute Gasteiger partial charge is 0.243 e. The molecule has 2 aromatic rings. The van der Waals surface area contributed by atoms with Crippen molar-refractivity contribution in [2.24, 2.45) is 0 Å². The van der Waals surface area contributed by atoms with E-state index in [1.807, 2.05) is 30.3 Å². The van der Waals surface area contributed by atoms with Gasteiger partial charge in [-0.05, 0) is 41.0 Å². The van der Waals surface area contributed by atoms with Gasteiger partial charge in [-0.1, -0.05) is 30.3 Å². The van der Waals surface area contributed by atoms with Gasteiger partial charge in [0.05, 0.1) is 17.4 Å². The van der Waals surface area contributed by atoms with Gasteiger partial charge in [0.2, 0.25) is 15.9 Å². The second kappa shape index (κ2) is 7.70. The number of halogens is 1. The van der Waals surface area contributed by atoms with E-state index in [2.05, 4.69) is 0 Å². The average molecular weight is 416 g/mol. The average Bonchev–Trinajstić information content (AvgIpc) is 2.64. The minimum absolute atomic E-state index is 0.0713. The SMILES string of the molecule is O=C(C(CO)c1ccccc1)N1CC(=C2CN(S(=O)(=O)c3ccc(F)cc3)C2)C1. The number of benzene rings is 2. The van der Waals surface area contributed by atoms with Crippen LogP contribution in [0, 0.1) is 5.82 Å². The molecule has 0 radical (unpaired) electrons. The summed E-state index contributed by atoms with van der Waals surface area (Å²) < 4.78 is 39.5. The molecule has 0 spiro atoms. The summed E-state index contributed by atoms with van der Waals surface area (Å²) in [4.78, 5) is 14.4. The van der Waals surface area contributed by atoms with E-state index in [0.29, 0.717) is 26.2 Å². The molecule has 29 heavy (non-hydrogen) atoms. The van der Waals surface area contributed by atoms with Crippen molar-refractivity contribution in [2.45, 2.75) is 10.8 Å². The highest BCUT2D eigenvalue weighted by molar-refractivity contribution is 7.89. The molecule has 1 atom stereocenters. The number of likely N-dealkylation sites (tertiary alicyclic amines) is 1. The molecule has 1 unspecified atom stereocenters. The quantitative estimate of drug-likeness (QED) is 0.754. The van der Waals surface area contributed by atoms with Crippen molar-refractivity contribution >= 4 is 15.9 Å². The summed E-state index contributed by atoms with van der Waals surface area (Å²) in [7, 11) is -3.63. The van der Waals surface area contributed by atoms with Gasteiger partial charge in [0.15, 0.2) is 0 Å². The maximum absolute atomic E-state index is 13.0. The molecule has 152 valence electrons. The minimum Gasteiger partial charge on any atom is -0.395 e. The summed E-state index contributed by atoms with van der Waals surface area (Å²) in [5, 5.41) is 9.64. The molecule has 2 aliphatic heterocycles. The maximum Gasteiger partial charge on any atom is 0.243 e. The summed E-state index contributed by atoms with van der Waals surface area (Å²) in [6.07, 6.45) is 0. The normalized spacial score (nSPS) is 18.2. The Kier molecular flexibility index (Phi) is 5.24. The van der Waals surface area contributed by atoms with Gasteiger partial charge < -0.3 is 10.0 Å². The van der Waals surface area contributed by atoms with Crippen molar-refractivity contribution in [1.82, 2.24) is 9.21 Å². The van der Waals surface area contributed by atoms with E-state index in [1.165, 1.54) is 16.4 Å². The first-order chi connectivity index (χ1) is 13.9. The van der Waals surface area contributed by atoms with Gasteiger partial charge in [-0.3, -0.25) is 4.79 Å². The van der Waals surface area contributed by atoms with E-state index in [-0.39, 0.29) is 17.4 Å². The molecule has 1 amide bonds. The number of aliphatic hydroxyl groups excluding tert-OH is 1. The van der Waals surface area contributed by atoms with Crippen LogP contribution in [0.3, 0.4) is 0 Å². The molecule has 2 aromatic carbocycles. The zero-order chi connectivity index (χ0) is 20.6. The largest absolute Gasteiger partial charge is 0.395 e. The van der Waals surface area contributed by atoms with E-state index < -0.39 is 21.8 Å². The van der Waals surface area contributed by atoms with E-state index in [9.17, 15) is 22.7 Å². The third-order valence-corrected chi connectivity index (χ3v) is 7.25. The lowest BCUT2D eigenvalue weighted by molar-refractivity contribution is -0.135. The summed E-state index contributed by atoms with van der Waals surface area (Å²) >= 11 is 0. The van der Waals surface area contributed by atoms with Gasteiger partial charge in [0.1, 0.15) is 5.82 Å². The first-order valence-electron chi connectivity index (χ1n) is 9.30. The molecule has 2 fully saturated rings. The van der Waals surface area contributed by atoms with Crippen LogP contribution < -0.4 is 0 Å². The molecule has 0 aliphatic carbocycles. The van der Waals surface area contributed by atoms with Crippen molar-refractivity contribution in [3.63, 3.8) is 0 Å². The lowest BCUT2D eigenvalue weighted by Gasteiger charge is -2.42. The Hall–Kier alpha value is -2.55. The lowest BCUT2D eigenvalue weighted by atomic mass is 9.92. The zero-order valence-electron chi connectivity index (χ0n) is 15.7. The molecule has 8 heteroatoms. The van der Waals surface area contributed by atoms with E-state index in [0.717, 1.165) is 28.8 Å².